The van der Waals surface area contributed by atoms with Gasteiger partial charge < -0.3 is 4.90 Å². The van der Waals surface area contributed by atoms with Crippen molar-refractivity contribution in [3.63, 3.8) is 0 Å². The molecule has 0 spiro atoms. The Morgan fingerprint density at radius 2 is 1.93 bits per heavy atom. The molecule has 0 atom stereocenters. The normalized spacial score (nSPS) is 17.4. The molecule has 10 heteroatoms. The first-order chi connectivity index (χ1) is 14.8. The third-order valence-electron chi connectivity index (χ3n) is 5.36. The Hall–Kier alpha value is -2.30. The Bertz CT molecular complexity index is 994. The van der Waals surface area contributed by atoms with Crippen LogP contribution in [0.15, 0.2) is 40.9 Å². The van der Waals surface area contributed by atoms with E-state index in [2.05, 4.69) is 37.9 Å². The monoisotopic (exact) mass is 441 g/mol. The van der Waals surface area contributed by atoms with Crippen LogP contribution in [0.3, 0.4) is 0 Å². The average molecular weight is 442 g/mol. The van der Waals surface area contributed by atoms with Gasteiger partial charge in [0, 0.05) is 43.7 Å². The second-order valence-corrected chi connectivity index (χ2v) is 9.39. The Morgan fingerprint density at radius 3 is 2.70 bits per heavy atom. The van der Waals surface area contributed by atoms with Gasteiger partial charge in [-0.2, -0.15) is 0 Å². The maximum atomic E-state index is 12.6. The smallest absolute Gasteiger partial charge is 0.233 e. The van der Waals surface area contributed by atoms with Crippen LogP contribution in [0.4, 0.5) is 0 Å². The van der Waals surface area contributed by atoms with Crippen molar-refractivity contribution in [3.8, 4) is 10.6 Å². The molecule has 0 unspecified atom stereocenters. The van der Waals surface area contributed by atoms with E-state index >= 15 is 0 Å². The Kier molecular flexibility index (Phi) is 5.78. The molecule has 8 nitrogen and oxygen atoms in total. The molecule has 1 saturated carbocycles. The maximum absolute atomic E-state index is 12.6. The molecule has 2 fully saturated rings. The summed E-state index contributed by atoms with van der Waals surface area (Å²) in [6, 6.07) is 10.7. The minimum absolute atomic E-state index is 0.157. The van der Waals surface area contributed by atoms with Gasteiger partial charge in [-0.05, 0) is 23.3 Å². The average Bonchev–Trinajstić information content (AvgIpc) is 3.33. The molecule has 0 bridgehead atoms. The molecule has 2 aliphatic rings. The highest BCUT2D eigenvalue weighted by atomic mass is 32.2. The molecule has 156 valence electrons. The number of nitrogens with zero attached hydrogens (tertiary/aromatic N) is 7. The van der Waals surface area contributed by atoms with Gasteiger partial charge in [0.1, 0.15) is 5.01 Å². The van der Waals surface area contributed by atoms with Crippen molar-refractivity contribution in [1.29, 1.82) is 0 Å². The van der Waals surface area contributed by atoms with Crippen molar-refractivity contribution < 1.29 is 4.79 Å². The van der Waals surface area contributed by atoms with Gasteiger partial charge in [-0.15, -0.1) is 16.4 Å². The number of tetrazole rings is 1. The molecule has 3 aromatic rings. The van der Waals surface area contributed by atoms with E-state index in [-0.39, 0.29) is 5.91 Å². The van der Waals surface area contributed by atoms with Crippen LogP contribution in [0, 0.1) is 0 Å². The number of aromatic nitrogens is 5. The van der Waals surface area contributed by atoms with E-state index in [1.165, 1.54) is 11.8 Å². The molecule has 1 aliphatic heterocycles. The largest absolute Gasteiger partial charge is 0.339 e. The number of carbonyl (C=O) groups excluding carboxylic acids is 1. The summed E-state index contributed by atoms with van der Waals surface area (Å²) in [5.41, 5.74) is 2.26. The summed E-state index contributed by atoms with van der Waals surface area (Å²) in [6.45, 7) is 4.07. The highest BCUT2D eigenvalue weighted by Gasteiger charge is 2.29. The van der Waals surface area contributed by atoms with Crippen LogP contribution in [0.1, 0.15) is 24.6 Å². The van der Waals surface area contributed by atoms with Crippen LogP contribution in [-0.4, -0.2) is 72.8 Å². The van der Waals surface area contributed by atoms with Gasteiger partial charge in [-0.3, -0.25) is 9.69 Å². The van der Waals surface area contributed by atoms with Gasteiger partial charge in [-0.25, -0.2) is 9.67 Å². The van der Waals surface area contributed by atoms with E-state index in [1.54, 1.807) is 11.3 Å². The summed E-state index contributed by atoms with van der Waals surface area (Å²) < 4.78 is 1.85. The molecule has 3 heterocycles. The van der Waals surface area contributed by atoms with E-state index in [4.69, 9.17) is 4.98 Å². The fourth-order valence-corrected chi connectivity index (χ4v) is 5.19. The lowest BCUT2D eigenvalue weighted by molar-refractivity contribution is -0.130. The van der Waals surface area contributed by atoms with Crippen LogP contribution in [0.5, 0.6) is 0 Å². The van der Waals surface area contributed by atoms with E-state index < -0.39 is 0 Å². The molecule has 0 N–H and O–H groups in total. The summed E-state index contributed by atoms with van der Waals surface area (Å²) in [7, 11) is 0. The highest BCUT2D eigenvalue weighted by Crippen LogP contribution is 2.36. The van der Waals surface area contributed by atoms with Crippen LogP contribution >= 0.6 is 23.1 Å². The van der Waals surface area contributed by atoms with Gasteiger partial charge >= 0.3 is 0 Å². The minimum atomic E-state index is 0.157. The van der Waals surface area contributed by atoms with E-state index in [0.29, 0.717) is 11.8 Å². The molecule has 1 aliphatic carbocycles. The lowest BCUT2D eigenvalue weighted by Gasteiger charge is -2.34. The predicted octanol–water partition coefficient (Wildman–Crippen LogP) is 2.57. The Morgan fingerprint density at radius 1 is 1.13 bits per heavy atom. The molecule has 1 aromatic carbocycles. The Balaban J connectivity index is 1.09. The van der Waals surface area contributed by atoms with Gasteiger partial charge in [-0.1, -0.05) is 42.1 Å². The van der Waals surface area contributed by atoms with Crippen LogP contribution in [0.2, 0.25) is 0 Å². The lowest BCUT2D eigenvalue weighted by Crippen LogP contribution is -2.48. The third kappa shape index (κ3) is 4.55. The van der Waals surface area contributed by atoms with Crippen molar-refractivity contribution in [1.82, 2.24) is 35.0 Å². The summed E-state index contributed by atoms with van der Waals surface area (Å²) in [5, 5.41) is 15.8. The molecular weight excluding hydrogens is 418 g/mol. The first kappa shape index (κ1) is 19.7. The maximum Gasteiger partial charge on any atom is 0.233 e. The van der Waals surface area contributed by atoms with Crippen molar-refractivity contribution in [3.05, 3.63) is 41.4 Å². The van der Waals surface area contributed by atoms with E-state index in [1.807, 2.05) is 27.8 Å². The molecule has 5 rings (SSSR count). The summed E-state index contributed by atoms with van der Waals surface area (Å²) in [4.78, 5) is 21.7. The second kappa shape index (κ2) is 8.83. The number of rotatable bonds is 7. The number of carbonyl (C=O) groups is 1. The molecule has 2 aromatic heterocycles. The first-order valence-corrected chi connectivity index (χ1v) is 12.0. The molecule has 30 heavy (non-hydrogen) atoms. The zero-order chi connectivity index (χ0) is 20.3. The van der Waals surface area contributed by atoms with Crippen molar-refractivity contribution in [2.24, 2.45) is 0 Å². The van der Waals surface area contributed by atoms with Crippen molar-refractivity contribution in [2.45, 2.75) is 30.6 Å². The lowest BCUT2D eigenvalue weighted by atomic mass is 10.2. The summed E-state index contributed by atoms with van der Waals surface area (Å²) in [6.07, 6.45) is 2.25. The van der Waals surface area contributed by atoms with E-state index in [0.717, 1.165) is 67.0 Å². The number of piperazine rings is 1. The topological polar surface area (TPSA) is 80.0 Å². The van der Waals surface area contributed by atoms with E-state index in [9.17, 15) is 4.79 Å². The van der Waals surface area contributed by atoms with Crippen LogP contribution < -0.4 is 0 Å². The van der Waals surface area contributed by atoms with Crippen LogP contribution in [0.25, 0.3) is 10.6 Å². The molecule has 0 radical (unpaired) electrons. The third-order valence-corrected chi connectivity index (χ3v) is 7.22. The van der Waals surface area contributed by atoms with Gasteiger partial charge in [0.2, 0.25) is 11.1 Å². The molecular formula is C20H23N7OS2. The molecule has 1 saturated heterocycles. The standard InChI is InChI=1S/C20H23N7OS2/c28-18(14-30-20-22-23-24-27(20)17-6-7-17)26-10-8-25(9-11-26)12-16-13-29-19(21-16)15-4-2-1-3-5-15/h1-5,13,17H,6-12,14H2. The first-order valence-electron chi connectivity index (χ1n) is 10.2. The zero-order valence-electron chi connectivity index (χ0n) is 16.6. The van der Waals surface area contributed by atoms with Gasteiger partial charge in [0.25, 0.3) is 0 Å². The quantitative estimate of drug-likeness (QED) is 0.521. The second-order valence-electron chi connectivity index (χ2n) is 7.59. The number of hydrogen-bond acceptors (Lipinski definition) is 8. The number of thioether (sulfide) groups is 1. The number of hydrogen-bond donors (Lipinski definition) is 0. The number of thiazole rings is 1. The Labute approximate surface area is 183 Å². The zero-order valence-corrected chi connectivity index (χ0v) is 18.2. The SMILES string of the molecule is O=C(CSc1nnnn1C1CC1)N1CCN(Cc2csc(-c3ccccc3)n2)CC1. The summed E-state index contributed by atoms with van der Waals surface area (Å²) >= 11 is 3.13. The van der Waals surface area contributed by atoms with Gasteiger partial charge in [0.05, 0.1) is 17.5 Å². The van der Waals surface area contributed by atoms with Crippen LogP contribution in [-0.2, 0) is 11.3 Å². The highest BCUT2D eigenvalue weighted by molar-refractivity contribution is 7.99. The summed E-state index contributed by atoms with van der Waals surface area (Å²) in [5.74, 6) is 0.546. The fraction of sp³-hybridized carbons (Fsp3) is 0.450. The number of amides is 1. The molecule has 1 amide bonds. The van der Waals surface area contributed by atoms with Crippen molar-refractivity contribution >= 4 is 29.0 Å². The minimum Gasteiger partial charge on any atom is -0.339 e. The van der Waals surface area contributed by atoms with Crippen molar-refractivity contribution in [2.75, 3.05) is 31.9 Å². The fourth-order valence-electron chi connectivity index (χ4n) is 3.52. The number of benzene rings is 1. The predicted molar refractivity (Wildman–Crippen MR) is 116 cm³/mol. The van der Waals surface area contributed by atoms with Gasteiger partial charge in [0.15, 0.2) is 0 Å².